The van der Waals surface area contributed by atoms with Crippen LogP contribution in [0.2, 0.25) is 5.15 Å². The predicted octanol–water partition coefficient (Wildman–Crippen LogP) is 1.94. The molecule has 3 aromatic rings. The summed E-state index contributed by atoms with van der Waals surface area (Å²) in [5.74, 6) is 0. The van der Waals surface area contributed by atoms with E-state index in [4.69, 9.17) is 11.6 Å². The minimum Gasteiger partial charge on any atom is -0.382 e. The van der Waals surface area contributed by atoms with Crippen molar-refractivity contribution in [2.24, 2.45) is 0 Å². The van der Waals surface area contributed by atoms with Crippen LogP contribution in [0.25, 0.3) is 5.65 Å². The highest BCUT2D eigenvalue weighted by Gasteiger charge is 2.13. The third-order valence-electron chi connectivity index (χ3n) is 3.45. The lowest BCUT2D eigenvalue weighted by Gasteiger charge is -2.16. The van der Waals surface area contributed by atoms with Crippen molar-refractivity contribution in [3.8, 4) is 0 Å². The molecule has 0 spiro atoms. The molecule has 0 saturated carbocycles. The van der Waals surface area contributed by atoms with Gasteiger partial charge in [0.05, 0.1) is 12.7 Å². The van der Waals surface area contributed by atoms with Gasteiger partial charge >= 0.3 is 0 Å². The smallest absolute Gasteiger partial charge is 0.297 e. The van der Waals surface area contributed by atoms with E-state index >= 15 is 0 Å². The van der Waals surface area contributed by atoms with E-state index in [-0.39, 0.29) is 5.56 Å². The molecular weight excluding hydrogens is 290 g/mol. The lowest BCUT2D eigenvalue weighted by Crippen LogP contribution is -2.24. The normalized spacial score (nSPS) is 11.0. The van der Waals surface area contributed by atoms with Crippen LogP contribution in [0.15, 0.2) is 35.4 Å². The fourth-order valence-electron chi connectivity index (χ4n) is 2.39. The number of hydrogen-bond acceptors (Lipinski definition) is 4. The summed E-state index contributed by atoms with van der Waals surface area (Å²) >= 11 is 5.81. The summed E-state index contributed by atoms with van der Waals surface area (Å²) in [6, 6.07) is 5.48. The second-order valence-electron chi connectivity index (χ2n) is 4.69. The van der Waals surface area contributed by atoms with Crippen LogP contribution in [0.1, 0.15) is 11.3 Å². The summed E-state index contributed by atoms with van der Waals surface area (Å²) < 4.78 is 3.41. The van der Waals surface area contributed by atoms with Gasteiger partial charge in [0.25, 0.3) is 5.56 Å². The van der Waals surface area contributed by atoms with E-state index in [1.165, 1.54) is 4.52 Å². The monoisotopic (exact) mass is 303 g/mol. The minimum absolute atomic E-state index is 0.152. The molecular formula is C14H14ClN5O. The van der Waals surface area contributed by atoms with Gasteiger partial charge < -0.3 is 9.88 Å². The summed E-state index contributed by atoms with van der Waals surface area (Å²) in [7, 11) is 1.73. The molecule has 3 aromatic heterocycles. The maximum Gasteiger partial charge on any atom is 0.297 e. The molecule has 0 unspecified atom stereocenters. The molecule has 0 atom stereocenters. The standard InChI is InChI=1S/C14H14ClN5O/c1-9-13(16-2)14(21)20-12(5-6-18-20)19(9)8-10-3-4-11(15)17-7-10/h3-7,16H,8H2,1-2H3. The molecule has 0 aliphatic rings. The molecule has 0 aliphatic carbocycles. The van der Waals surface area contributed by atoms with Crippen LogP contribution in [0.4, 0.5) is 5.69 Å². The Morgan fingerprint density at radius 3 is 2.81 bits per heavy atom. The van der Waals surface area contributed by atoms with Gasteiger partial charge in [-0.05, 0) is 18.6 Å². The van der Waals surface area contributed by atoms with Crippen LogP contribution in [0.5, 0.6) is 0 Å². The Morgan fingerprint density at radius 1 is 1.33 bits per heavy atom. The highest BCUT2D eigenvalue weighted by Crippen LogP contribution is 2.16. The molecule has 6 nitrogen and oxygen atoms in total. The van der Waals surface area contributed by atoms with Gasteiger partial charge in [-0.3, -0.25) is 4.79 Å². The molecule has 0 aliphatic heterocycles. The number of nitrogens with zero attached hydrogens (tertiary/aromatic N) is 4. The zero-order valence-corrected chi connectivity index (χ0v) is 12.4. The fraction of sp³-hybridized carbons (Fsp3) is 0.214. The van der Waals surface area contributed by atoms with Crippen molar-refractivity contribution in [2.75, 3.05) is 12.4 Å². The second kappa shape index (κ2) is 5.21. The SMILES string of the molecule is CNc1c(C)n(Cc2ccc(Cl)nc2)c2ccnn2c1=O. The summed E-state index contributed by atoms with van der Waals surface area (Å²) in [5.41, 5.74) is 2.97. The largest absolute Gasteiger partial charge is 0.382 e. The number of aromatic nitrogens is 4. The summed E-state index contributed by atoms with van der Waals surface area (Å²) in [4.78, 5) is 16.4. The van der Waals surface area contributed by atoms with Crippen LogP contribution in [-0.4, -0.2) is 26.2 Å². The van der Waals surface area contributed by atoms with Crippen molar-refractivity contribution >= 4 is 22.9 Å². The van der Waals surface area contributed by atoms with Gasteiger partial charge in [-0.2, -0.15) is 9.61 Å². The highest BCUT2D eigenvalue weighted by molar-refractivity contribution is 6.29. The molecule has 0 amide bonds. The van der Waals surface area contributed by atoms with E-state index < -0.39 is 0 Å². The molecule has 108 valence electrons. The number of anilines is 1. The average molecular weight is 304 g/mol. The zero-order valence-electron chi connectivity index (χ0n) is 11.7. The summed E-state index contributed by atoms with van der Waals surface area (Å²) in [5, 5.41) is 7.50. The Bertz CT molecular complexity index is 850. The van der Waals surface area contributed by atoms with E-state index in [1.807, 2.05) is 23.6 Å². The molecule has 0 bridgehead atoms. The molecule has 1 N–H and O–H groups in total. The number of nitrogens with one attached hydrogen (secondary N) is 1. The van der Waals surface area contributed by atoms with Crippen molar-refractivity contribution in [3.05, 3.63) is 57.4 Å². The topological polar surface area (TPSA) is 64.2 Å². The Morgan fingerprint density at radius 2 is 2.14 bits per heavy atom. The average Bonchev–Trinajstić information content (AvgIpc) is 2.96. The first-order valence-corrected chi connectivity index (χ1v) is 6.85. The van der Waals surface area contributed by atoms with E-state index in [1.54, 1.807) is 25.5 Å². The van der Waals surface area contributed by atoms with Gasteiger partial charge in [0.15, 0.2) is 0 Å². The van der Waals surface area contributed by atoms with Gasteiger partial charge in [0, 0.05) is 25.0 Å². The Balaban J connectivity index is 2.19. The second-order valence-corrected chi connectivity index (χ2v) is 5.08. The molecule has 0 fully saturated rings. The molecule has 7 heteroatoms. The third kappa shape index (κ3) is 2.27. The van der Waals surface area contributed by atoms with Crippen LogP contribution < -0.4 is 10.9 Å². The third-order valence-corrected chi connectivity index (χ3v) is 3.68. The molecule has 0 saturated heterocycles. The first kappa shape index (κ1) is 13.6. The zero-order chi connectivity index (χ0) is 15.0. The first-order chi connectivity index (χ1) is 10.1. The molecule has 21 heavy (non-hydrogen) atoms. The Labute approximate surface area is 126 Å². The van der Waals surface area contributed by atoms with Gasteiger partial charge in [-0.25, -0.2) is 4.98 Å². The quantitative estimate of drug-likeness (QED) is 0.751. The number of hydrogen-bond donors (Lipinski definition) is 1. The van der Waals surface area contributed by atoms with Crippen LogP contribution >= 0.6 is 11.6 Å². The van der Waals surface area contributed by atoms with Gasteiger partial charge in [-0.15, -0.1) is 0 Å². The van der Waals surface area contributed by atoms with E-state index in [0.29, 0.717) is 17.4 Å². The number of rotatable bonds is 3. The van der Waals surface area contributed by atoms with Gasteiger partial charge in [0.1, 0.15) is 16.5 Å². The number of fused-ring (bicyclic) bond motifs is 1. The van der Waals surface area contributed by atoms with Crippen molar-refractivity contribution in [2.45, 2.75) is 13.5 Å². The highest BCUT2D eigenvalue weighted by atomic mass is 35.5. The maximum atomic E-state index is 12.3. The lowest BCUT2D eigenvalue weighted by molar-refractivity contribution is 0.739. The Kier molecular flexibility index (Phi) is 3.39. The van der Waals surface area contributed by atoms with Crippen molar-refractivity contribution in [1.29, 1.82) is 0 Å². The van der Waals surface area contributed by atoms with Crippen LogP contribution in [-0.2, 0) is 6.54 Å². The lowest BCUT2D eigenvalue weighted by atomic mass is 10.2. The minimum atomic E-state index is -0.152. The number of pyridine rings is 1. The van der Waals surface area contributed by atoms with E-state index in [0.717, 1.165) is 16.9 Å². The van der Waals surface area contributed by atoms with Gasteiger partial charge in [-0.1, -0.05) is 17.7 Å². The van der Waals surface area contributed by atoms with Crippen LogP contribution in [0, 0.1) is 6.92 Å². The molecule has 0 radical (unpaired) electrons. The molecule has 3 rings (SSSR count). The fourth-order valence-corrected chi connectivity index (χ4v) is 2.51. The molecule has 0 aromatic carbocycles. The van der Waals surface area contributed by atoms with Crippen LogP contribution in [0.3, 0.4) is 0 Å². The van der Waals surface area contributed by atoms with Crippen molar-refractivity contribution < 1.29 is 0 Å². The van der Waals surface area contributed by atoms with E-state index in [2.05, 4.69) is 15.4 Å². The Hall–Kier alpha value is -2.34. The maximum absolute atomic E-state index is 12.3. The first-order valence-electron chi connectivity index (χ1n) is 6.47. The summed E-state index contributed by atoms with van der Waals surface area (Å²) in [6.07, 6.45) is 3.35. The van der Waals surface area contributed by atoms with Crippen molar-refractivity contribution in [1.82, 2.24) is 19.2 Å². The summed E-state index contributed by atoms with van der Waals surface area (Å²) in [6.45, 7) is 2.49. The van der Waals surface area contributed by atoms with E-state index in [9.17, 15) is 4.79 Å². The predicted molar refractivity (Wildman–Crippen MR) is 82.1 cm³/mol. The van der Waals surface area contributed by atoms with Crippen molar-refractivity contribution in [3.63, 3.8) is 0 Å². The molecule has 3 heterocycles. The number of halogens is 1. The van der Waals surface area contributed by atoms with Gasteiger partial charge in [0.2, 0.25) is 0 Å².